The van der Waals surface area contributed by atoms with Crippen LogP contribution in [0, 0.1) is 0 Å². The second-order valence-corrected chi connectivity index (χ2v) is 7.63. The van der Waals surface area contributed by atoms with E-state index in [9.17, 15) is 4.79 Å². The summed E-state index contributed by atoms with van der Waals surface area (Å²) in [7, 11) is 0. The van der Waals surface area contributed by atoms with Crippen LogP contribution >= 0.6 is 0 Å². The summed E-state index contributed by atoms with van der Waals surface area (Å²) in [5.74, 6) is 0.331. The van der Waals surface area contributed by atoms with E-state index in [1.54, 1.807) is 0 Å². The molecule has 0 bridgehead atoms. The topological polar surface area (TPSA) is 20.3 Å². The molecule has 102 valence electrons. The molecule has 2 aromatic rings. The molecule has 0 aromatic heterocycles. The molecular weight excluding hydrogens is 313 g/mol. The van der Waals surface area contributed by atoms with Gasteiger partial charge in [-0.15, -0.1) is 0 Å². The minimum atomic E-state index is 0.216. The van der Waals surface area contributed by atoms with Gasteiger partial charge in [0.05, 0.1) is 0 Å². The molecule has 2 nitrogen and oxygen atoms in total. The number of hydrogen-bond acceptors (Lipinski definition) is 1. The molecule has 1 saturated heterocycles. The van der Waals surface area contributed by atoms with Crippen molar-refractivity contribution in [2.45, 2.75) is 17.8 Å². The number of likely N-dealkylation sites (tertiary alicyclic amines) is 1. The zero-order chi connectivity index (χ0) is 13.8. The van der Waals surface area contributed by atoms with Crippen molar-refractivity contribution in [3.63, 3.8) is 0 Å². The van der Waals surface area contributed by atoms with Crippen LogP contribution in [0.1, 0.15) is 12.0 Å². The van der Waals surface area contributed by atoms with Crippen LogP contribution in [0.5, 0.6) is 0 Å². The fourth-order valence-corrected chi connectivity index (χ4v) is 4.79. The SMILES string of the molecule is O=C1C([Se]c2ccccc2)CCN1Cc1ccccc1. The van der Waals surface area contributed by atoms with Gasteiger partial charge in [0, 0.05) is 0 Å². The molecule has 3 rings (SSSR count). The quantitative estimate of drug-likeness (QED) is 0.788. The minimum absolute atomic E-state index is 0.216. The van der Waals surface area contributed by atoms with Crippen LogP contribution in [0.4, 0.5) is 0 Å². The standard InChI is InChI=1S/C17H17NOSe/c19-17-16(20-15-9-5-2-6-10-15)11-12-18(17)13-14-7-3-1-4-8-14/h1-10,16H,11-13H2. The zero-order valence-electron chi connectivity index (χ0n) is 11.2. The van der Waals surface area contributed by atoms with E-state index < -0.39 is 0 Å². The summed E-state index contributed by atoms with van der Waals surface area (Å²) in [6, 6.07) is 20.6. The van der Waals surface area contributed by atoms with Crippen LogP contribution in [0.15, 0.2) is 60.7 Å². The van der Waals surface area contributed by atoms with Gasteiger partial charge in [-0.25, -0.2) is 0 Å². The number of carbonyl (C=O) groups excluding carboxylic acids is 1. The van der Waals surface area contributed by atoms with Gasteiger partial charge in [0.25, 0.3) is 0 Å². The average Bonchev–Trinajstić information content (AvgIpc) is 2.83. The molecule has 0 N–H and O–H groups in total. The van der Waals surface area contributed by atoms with Gasteiger partial charge >= 0.3 is 126 Å². The first-order valence-electron chi connectivity index (χ1n) is 6.87. The van der Waals surface area contributed by atoms with Gasteiger partial charge in [-0.05, 0) is 0 Å². The van der Waals surface area contributed by atoms with Crippen LogP contribution < -0.4 is 4.46 Å². The number of nitrogens with zero attached hydrogens (tertiary/aromatic N) is 1. The van der Waals surface area contributed by atoms with Crippen LogP contribution in [0.2, 0.25) is 4.82 Å². The van der Waals surface area contributed by atoms with Gasteiger partial charge in [0.15, 0.2) is 0 Å². The van der Waals surface area contributed by atoms with Gasteiger partial charge in [-0.3, -0.25) is 0 Å². The van der Waals surface area contributed by atoms with E-state index in [4.69, 9.17) is 0 Å². The van der Waals surface area contributed by atoms with Crippen molar-refractivity contribution < 1.29 is 4.79 Å². The van der Waals surface area contributed by atoms with Gasteiger partial charge < -0.3 is 0 Å². The third kappa shape index (κ3) is 3.12. The predicted molar refractivity (Wildman–Crippen MR) is 82.1 cm³/mol. The molecule has 1 fully saturated rings. The first-order valence-corrected chi connectivity index (χ1v) is 8.72. The third-order valence-corrected chi connectivity index (χ3v) is 6.14. The molecular formula is C17H17NOSe. The summed E-state index contributed by atoms with van der Waals surface area (Å²) in [5, 5.41) is 0. The van der Waals surface area contributed by atoms with Crippen molar-refractivity contribution in [1.29, 1.82) is 0 Å². The fraction of sp³-hybridized carbons (Fsp3) is 0.235. The van der Waals surface area contributed by atoms with Crippen LogP contribution in [0.3, 0.4) is 0 Å². The van der Waals surface area contributed by atoms with Crippen molar-refractivity contribution in [2.24, 2.45) is 0 Å². The van der Waals surface area contributed by atoms with Crippen molar-refractivity contribution >= 4 is 25.3 Å². The normalized spacial score (nSPS) is 18.5. The third-order valence-electron chi connectivity index (χ3n) is 3.49. The number of carbonyl (C=O) groups is 1. The van der Waals surface area contributed by atoms with Crippen molar-refractivity contribution in [3.8, 4) is 0 Å². The number of rotatable bonds is 4. The van der Waals surface area contributed by atoms with E-state index in [2.05, 4.69) is 36.4 Å². The molecule has 1 unspecified atom stereocenters. The van der Waals surface area contributed by atoms with E-state index in [0.717, 1.165) is 19.5 Å². The van der Waals surface area contributed by atoms with E-state index in [-0.39, 0.29) is 19.8 Å². The Bertz CT molecular complexity index is 519. The second kappa shape index (κ2) is 6.25. The molecule has 1 aliphatic heterocycles. The first-order chi connectivity index (χ1) is 9.83. The van der Waals surface area contributed by atoms with Crippen molar-refractivity contribution in [3.05, 3.63) is 66.2 Å². The summed E-state index contributed by atoms with van der Waals surface area (Å²) in [5.41, 5.74) is 1.22. The molecule has 2 aromatic carbocycles. The van der Waals surface area contributed by atoms with Crippen LogP contribution in [0.25, 0.3) is 0 Å². The zero-order valence-corrected chi connectivity index (χ0v) is 12.9. The number of benzene rings is 2. The second-order valence-electron chi connectivity index (χ2n) is 4.95. The Balaban J connectivity index is 1.62. The van der Waals surface area contributed by atoms with Crippen LogP contribution in [-0.4, -0.2) is 32.3 Å². The van der Waals surface area contributed by atoms with Gasteiger partial charge in [-0.2, -0.15) is 0 Å². The molecule has 0 aliphatic carbocycles. The molecule has 20 heavy (non-hydrogen) atoms. The molecule has 0 radical (unpaired) electrons. The van der Waals surface area contributed by atoms with Gasteiger partial charge in [0.2, 0.25) is 0 Å². The summed E-state index contributed by atoms with van der Waals surface area (Å²) in [6.45, 7) is 1.65. The number of amides is 1. The maximum atomic E-state index is 12.5. The molecule has 0 spiro atoms. The monoisotopic (exact) mass is 331 g/mol. The summed E-state index contributed by atoms with van der Waals surface area (Å²) in [6.07, 6.45) is 1.00. The van der Waals surface area contributed by atoms with Crippen molar-refractivity contribution in [2.75, 3.05) is 6.54 Å². The fourth-order valence-electron chi connectivity index (χ4n) is 2.44. The molecule has 0 saturated carbocycles. The molecule has 1 heterocycles. The Morgan fingerprint density at radius 3 is 2.35 bits per heavy atom. The summed E-state index contributed by atoms with van der Waals surface area (Å²) in [4.78, 5) is 14.7. The average molecular weight is 330 g/mol. The first kappa shape index (κ1) is 13.4. The van der Waals surface area contributed by atoms with Gasteiger partial charge in [0.1, 0.15) is 0 Å². The van der Waals surface area contributed by atoms with Gasteiger partial charge in [-0.1, -0.05) is 0 Å². The maximum absolute atomic E-state index is 12.5. The van der Waals surface area contributed by atoms with Crippen LogP contribution in [-0.2, 0) is 11.3 Å². The Kier molecular flexibility index (Phi) is 4.19. The Hall–Kier alpha value is -1.57. The van der Waals surface area contributed by atoms with E-state index in [1.165, 1.54) is 10.0 Å². The Morgan fingerprint density at radius 2 is 1.65 bits per heavy atom. The Morgan fingerprint density at radius 1 is 1.00 bits per heavy atom. The summed E-state index contributed by atoms with van der Waals surface area (Å²) < 4.78 is 1.32. The molecule has 1 amide bonds. The van der Waals surface area contributed by atoms with E-state index >= 15 is 0 Å². The van der Waals surface area contributed by atoms with E-state index in [1.807, 2.05) is 29.2 Å². The number of hydrogen-bond donors (Lipinski definition) is 0. The molecule has 3 heteroatoms. The molecule has 1 atom stereocenters. The van der Waals surface area contributed by atoms with Crippen molar-refractivity contribution in [1.82, 2.24) is 4.90 Å². The molecule has 1 aliphatic rings. The summed E-state index contributed by atoms with van der Waals surface area (Å²) >= 11 is 0.254. The predicted octanol–water partition coefficient (Wildman–Crippen LogP) is 2.24. The van der Waals surface area contributed by atoms with E-state index in [0.29, 0.717) is 5.91 Å². The Labute approximate surface area is 126 Å².